The average molecular weight is 1270 g/mol. The standard InChI is InChI=1S/C32H12BF24.C27H37OS/c34-25(35,36)13-1-14(26(37,38)39)6-21(5-13)33(22-7-15(27(40,41)42)2-16(8-22)28(43,44)45,23-9-17(29(46,47)48)3-18(10-23)30(49,50)51)24-11-19(31(52,53)54)4-20(12-24)32(55,56)57;1-2-3-4-5-12-21-29(22-27(28)25-15-10-7-11-16-25)26-19-17-24(18-20-26)23-13-8-6-9-14-23/h1-12H;7,10-11,15-20,23H,2-6,8-9,12-14,21-22H2,1H3/q-1;+1. The molecule has 1 nitrogen and oxygen atoms in total. The topological polar surface area (TPSA) is 17.1 Å². The van der Waals surface area contributed by atoms with E-state index in [0.29, 0.717) is 11.5 Å². The van der Waals surface area contributed by atoms with Crippen molar-refractivity contribution in [3.8, 4) is 0 Å². The van der Waals surface area contributed by atoms with Gasteiger partial charge in [-0.2, -0.15) is 127 Å². The molecular weight excluding hydrogens is 1220 g/mol. The molecule has 1 aliphatic rings. The predicted octanol–water partition coefficient (Wildman–Crippen LogP) is 18.8. The highest BCUT2D eigenvalue weighted by molar-refractivity contribution is 7.97. The second kappa shape index (κ2) is 26.2. The monoisotopic (exact) mass is 1270 g/mol. The third-order valence-corrected chi connectivity index (χ3v) is 17.0. The van der Waals surface area contributed by atoms with Crippen molar-refractivity contribution < 1.29 is 110 Å². The fourth-order valence-electron chi connectivity index (χ4n) is 10.5. The smallest absolute Gasteiger partial charge is 0.289 e. The zero-order valence-electron chi connectivity index (χ0n) is 44.7. The van der Waals surface area contributed by atoms with Crippen LogP contribution in [0.4, 0.5) is 105 Å². The van der Waals surface area contributed by atoms with Crippen molar-refractivity contribution in [3.05, 3.63) is 183 Å². The van der Waals surface area contributed by atoms with Gasteiger partial charge in [-0.25, -0.2) is 0 Å². The van der Waals surface area contributed by atoms with Crippen molar-refractivity contribution in [1.29, 1.82) is 0 Å². The molecule has 0 aliphatic heterocycles. The molecule has 0 amide bonds. The number of carbonyl (C=O) groups excluding carboxylic acids is 1. The van der Waals surface area contributed by atoms with Crippen molar-refractivity contribution in [2.45, 2.75) is 131 Å². The zero-order chi connectivity index (χ0) is 64.2. The minimum atomic E-state index is -6.13. The maximum atomic E-state index is 14.2. The summed E-state index contributed by atoms with van der Waals surface area (Å²) in [6, 6.07) is 10.4. The van der Waals surface area contributed by atoms with Gasteiger partial charge in [0.15, 0.2) is 10.6 Å². The first kappa shape index (κ1) is 68.8. The van der Waals surface area contributed by atoms with E-state index in [1.807, 2.05) is 30.3 Å². The summed E-state index contributed by atoms with van der Waals surface area (Å²) in [6.45, 7) is 2.26. The Morgan fingerprint density at radius 2 is 0.698 bits per heavy atom. The molecule has 1 atom stereocenters. The van der Waals surface area contributed by atoms with Crippen LogP contribution in [0, 0.1) is 0 Å². The van der Waals surface area contributed by atoms with Crippen molar-refractivity contribution >= 4 is 44.7 Å². The lowest BCUT2D eigenvalue weighted by molar-refractivity contribution is -0.144. The van der Waals surface area contributed by atoms with E-state index in [2.05, 4.69) is 31.2 Å². The van der Waals surface area contributed by atoms with Gasteiger partial charge in [0.25, 0.3) is 0 Å². The number of benzene rings is 6. The molecule has 0 bridgehead atoms. The summed E-state index contributed by atoms with van der Waals surface area (Å²) in [4.78, 5) is 14.3. The van der Waals surface area contributed by atoms with E-state index in [1.165, 1.54) is 74.7 Å². The molecule has 6 aromatic carbocycles. The Balaban J connectivity index is 0.000000340. The van der Waals surface area contributed by atoms with Crippen molar-refractivity contribution in [2.75, 3.05) is 11.5 Å². The Hall–Kier alpha value is -6.28. The van der Waals surface area contributed by atoms with Crippen molar-refractivity contribution in [1.82, 2.24) is 0 Å². The highest BCUT2D eigenvalue weighted by Gasteiger charge is 2.47. The molecule has 0 heterocycles. The molecule has 6 aromatic rings. The van der Waals surface area contributed by atoms with Gasteiger partial charge in [-0.05, 0) is 73.6 Å². The minimum Gasteiger partial charge on any atom is -0.289 e. The van der Waals surface area contributed by atoms with E-state index in [9.17, 15) is 110 Å². The van der Waals surface area contributed by atoms with Crippen LogP contribution < -0.4 is 21.9 Å². The summed E-state index contributed by atoms with van der Waals surface area (Å²) in [5, 5.41) is 0. The number of rotatable bonds is 15. The molecule has 468 valence electrons. The van der Waals surface area contributed by atoms with Gasteiger partial charge in [-0.15, -0.1) is 0 Å². The SMILES string of the molecule is CCCCCCC[S+](CC(=O)c1ccccc1)c1ccc(C2CCCCC2)cc1.FC(F)(F)c1cc([B-](c2cc(C(F)(F)F)cc(C(F)(F)F)c2)(c2cc(C(F)(F)F)cc(C(F)(F)F)c2)c2cc(C(F)(F)F)cc(C(F)(F)F)c2)cc(C(F)(F)F)c1. The highest BCUT2D eigenvalue weighted by atomic mass is 32.2. The molecule has 1 aliphatic carbocycles. The summed E-state index contributed by atoms with van der Waals surface area (Å²) < 4.78 is 341. The Labute approximate surface area is 479 Å². The number of carbonyl (C=O) groups is 1. The van der Waals surface area contributed by atoms with Gasteiger partial charge in [0, 0.05) is 16.5 Å². The molecule has 1 unspecified atom stereocenters. The Kier molecular flexibility index (Phi) is 21.0. The number of ketones is 1. The first-order chi connectivity index (χ1) is 39.5. The first-order valence-corrected chi connectivity index (χ1v) is 27.8. The number of hydrogen-bond acceptors (Lipinski definition) is 1. The molecule has 0 N–H and O–H groups in total. The molecule has 86 heavy (non-hydrogen) atoms. The van der Waals surface area contributed by atoms with Gasteiger partial charge in [-0.1, -0.05) is 136 Å². The number of hydrogen-bond donors (Lipinski definition) is 0. The van der Waals surface area contributed by atoms with E-state index in [0.717, 1.165) is 17.2 Å². The van der Waals surface area contributed by atoms with Gasteiger partial charge >= 0.3 is 49.4 Å². The van der Waals surface area contributed by atoms with E-state index >= 15 is 0 Å². The number of alkyl halides is 24. The van der Waals surface area contributed by atoms with Crippen molar-refractivity contribution in [2.24, 2.45) is 0 Å². The minimum absolute atomic E-state index is 0.0134. The number of unbranched alkanes of at least 4 members (excludes halogenated alkanes) is 4. The molecule has 1 fully saturated rings. The normalized spacial score (nSPS) is 14.8. The lowest BCUT2D eigenvalue weighted by Crippen LogP contribution is -2.75. The van der Waals surface area contributed by atoms with Crippen LogP contribution in [0.1, 0.15) is 137 Å². The Morgan fingerprint density at radius 1 is 0.395 bits per heavy atom. The molecule has 0 aromatic heterocycles. The van der Waals surface area contributed by atoms with Crippen LogP contribution in [0.3, 0.4) is 0 Å². The van der Waals surface area contributed by atoms with Gasteiger partial charge in [-0.3, -0.25) is 4.79 Å². The maximum Gasteiger partial charge on any atom is 0.416 e. The molecule has 0 saturated heterocycles. The van der Waals surface area contributed by atoms with Gasteiger partial charge in [0.05, 0.1) is 44.5 Å². The molecule has 7 rings (SSSR count). The average Bonchev–Trinajstić information content (AvgIpc) is 0.724. The Morgan fingerprint density at radius 3 is 0.988 bits per heavy atom. The lowest BCUT2D eigenvalue weighted by Gasteiger charge is -2.46. The second-order valence-electron chi connectivity index (χ2n) is 20.7. The van der Waals surface area contributed by atoms with Gasteiger partial charge < -0.3 is 0 Å². The molecular formula is C59H49BF24OS. The molecule has 1 saturated carbocycles. The van der Waals surface area contributed by atoms with E-state index in [-0.39, 0.29) is 10.9 Å². The van der Waals surface area contributed by atoms with E-state index in [1.54, 1.807) is 0 Å². The fourth-order valence-corrected chi connectivity index (χ4v) is 12.6. The van der Waals surface area contributed by atoms with E-state index in [4.69, 9.17) is 0 Å². The van der Waals surface area contributed by atoms with E-state index < -0.39 is 195 Å². The quantitative estimate of drug-likeness (QED) is 0.0329. The molecule has 0 spiro atoms. The van der Waals surface area contributed by atoms with Crippen LogP contribution >= 0.6 is 0 Å². The zero-order valence-corrected chi connectivity index (χ0v) is 45.5. The molecule has 0 radical (unpaired) electrons. The first-order valence-electron chi connectivity index (χ1n) is 26.3. The third-order valence-electron chi connectivity index (χ3n) is 14.6. The number of Topliss-reactive ketones (excluding diaryl/α,β-unsaturated/α-hetero) is 1. The molecule has 27 heteroatoms. The van der Waals surface area contributed by atoms with Gasteiger partial charge in [0.2, 0.25) is 5.78 Å². The highest BCUT2D eigenvalue weighted by Crippen LogP contribution is 2.42. The summed E-state index contributed by atoms with van der Waals surface area (Å²) in [6.07, 6.45) is -41.5. The van der Waals surface area contributed by atoms with Crippen LogP contribution in [0.25, 0.3) is 0 Å². The van der Waals surface area contributed by atoms with Crippen molar-refractivity contribution in [3.63, 3.8) is 0 Å². The third kappa shape index (κ3) is 17.3. The summed E-state index contributed by atoms with van der Waals surface area (Å²) in [5.41, 5.74) is -27.8. The summed E-state index contributed by atoms with van der Waals surface area (Å²) in [7, 11) is 0.0134. The largest absolute Gasteiger partial charge is 0.416 e. The van der Waals surface area contributed by atoms with Crippen LogP contribution in [0.15, 0.2) is 132 Å². The fraction of sp³-hybridized carbons (Fsp3) is 0.373. The lowest BCUT2D eigenvalue weighted by atomic mass is 9.12. The van der Waals surface area contributed by atoms with Crippen LogP contribution in [0.2, 0.25) is 0 Å². The maximum absolute atomic E-state index is 14.2. The van der Waals surface area contributed by atoms with Crippen LogP contribution in [-0.4, -0.2) is 23.4 Å². The van der Waals surface area contributed by atoms with Crippen LogP contribution in [-0.2, 0) is 60.3 Å². The summed E-state index contributed by atoms with van der Waals surface area (Å²) >= 11 is 0. The Bertz CT molecular complexity index is 2820. The second-order valence-corrected chi connectivity index (χ2v) is 22.8. The van der Waals surface area contributed by atoms with Crippen LogP contribution in [0.5, 0.6) is 0 Å². The number of halogens is 24. The summed E-state index contributed by atoms with van der Waals surface area (Å²) in [5.74, 6) is 2.84. The van der Waals surface area contributed by atoms with Gasteiger partial charge in [0.1, 0.15) is 11.9 Å². The predicted molar refractivity (Wildman–Crippen MR) is 277 cm³/mol.